The number of piperazine rings is 1. The fraction of sp³-hybridized carbons (Fsp3) is 0.261. The number of carbonyl (C=O) groups excluding carboxylic acids is 1. The lowest BCUT2D eigenvalue weighted by molar-refractivity contribution is 0.0746. The number of anilines is 3. The molecule has 0 bridgehead atoms. The number of hydrogen-bond donors (Lipinski definition) is 1. The van der Waals surface area contributed by atoms with Gasteiger partial charge in [-0.05, 0) is 43.2 Å². The molecule has 3 aromatic rings. The van der Waals surface area contributed by atoms with Gasteiger partial charge in [-0.1, -0.05) is 30.3 Å². The Balaban J connectivity index is 1.37. The van der Waals surface area contributed by atoms with Crippen molar-refractivity contribution >= 4 is 23.2 Å². The molecule has 0 unspecified atom stereocenters. The van der Waals surface area contributed by atoms with Crippen molar-refractivity contribution in [3.05, 3.63) is 77.6 Å². The first-order valence-corrected chi connectivity index (χ1v) is 9.86. The summed E-state index contributed by atoms with van der Waals surface area (Å²) in [5.74, 6) is 0.462. The molecule has 148 valence electrons. The summed E-state index contributed by atoms with van der Waals surface area (Å²) >= 11 is 0. The fourth-order valence-corrected chi connectivity index (χ4v) is 3.56. The Morgan fingerprint density at radius 1 is 0.897 bits per heavy atom. The Bertz CT molecular complexity index is 980. The van der Waals surface area contributed by atoms with Gasteiger partial charge in [0.25, 0.3) is 5.91 Å². The van der Waals surface area contributed by atoms with Crippen LogP contribution in [-0.2, 0) is 0 Å². The van der Waals surface area contributed by atoms with Gasteiger partial charge in [0.1, 0.15) is 0 Å². The van der Waals surface area contributed by atoms with Crippen molar-refractivity contribution < 1.29 is 4.79 Å². The first-order valence-electron chi connectivity index (χ1n) is 9.86. The van der Waals surface area contributed by atoms with Crippen LogP contribution >= 0.6 is 0 Å². The van der Waals surface area contributed by atoms with Crippen molar-refractivity contribution in [3.63, 3.8) is 0 Å². The van der Waals surface area contributed by atoms with Gasteiger partial charge in [0, 0.05) is 49.9 Å². The maximum absolute atomic E-state index is 12.8. The summed E-state index contributed by atoms with van der Waals surface area (Å²) in [6.07, 6.45) is 3.19. The molecule has 0 saturated carbocycles. The summed E-state index contributed by atoms with van der Waals surface area (Å²) < 4.78 is 0. The smallest absolute Gasteiger partial charge is 0.257 e. The Morgan fingerprint density at radius 3 is 2.28 bits per heavy atom. The van der Waals surface area contributed by atoms with E-state index < -0.39 is 0 Å². The Kier molecular flexibility index (Phi) is 5.42. The van der Waals surface area contributed by atoms with Gasteiger partial charge in [0.2, 0.25) is 5.95 Å². The van der Waals surface area contributed by atoms with E-state index in [0.29, 0.717) is 24.6 Å². The topological polar surface area (TPSA) is 61.4 Å². The lowest BCUT2D eigenvalue weighted by Gasteiger charge is -2.37. The number of nitrogens with one attached hydrogen (secondary N) is 1. The fourth-order valence-electron chi connectivity index (χ4n) is 3.56. The first kappa shape index (κ1) is 18.9. The monoisotopic (exact) mass is 387 g/mol. The van der Waals surface area contributed by atoms with E-state index in [4.69, 9.17) is 0 Å². The average molecular weight is 387 g/mol. The van der Waals surface area contributed by atoms with Gasteiger partial charge in [-0.25, -0.2) is 9.97 Å². The van der Waals surface area contributed by atoms with Crippen molar-refractivity contribution in [1.29, 1.82) is 0 Å². The zero-order chi connectivity index (χ0) is 20.2. The van der Waals surface area contributed by atoms with E-state index >= 15 is 0 Å². The van der Waals surface area contributed by atoms with E-state index in [1.54, 1.807) is 12.4 Å². The zero-order valence-corrected chi connectivity index (χ0v) is 16.8. The van der Waals surface area contributed by atoms with E-state index in [1.807, 2.05) is 35.2 Å². The number of amides is 1. The molecule has 4 rings (SSSR count). The largest absolute Gasteiger partial charge is 0.368 e. The Hall–Kier alpha value is -3.41. The summed E-state index contributed by atoms with van der Waals surface area (Å²) in [5.41, 5.74) is 5.29. The predicted molar refractivity (Wildman–Crippen MR) is 116 cm³/mol. The van der Waals surface area contributed by atoms with Crippen LogP contribution in [0.3, 0.4) is 0 Å². The van der Waals surface area contributed by atoms with Crippen LogP contribution in [0.15, 0.2) is 60.9 Å². The van der Waals surface area contributed by atoms with E-state index in [1.165, 1.54) is 16.8 Å². The number of benzene rings is 2. The van der Waals surface area contributed by atoms with Crippen molar-refractivity contribution in [2.24, 2.45) is 0 Å². The summed E-state index contributed by atoms with van der Waals surface area (Å²) in [6.45, 7) is 7.32. The standard InChI is InChI=1S/C23H25N5O/c1-17-7-6-10-21(18(17)2)27-11-13-28(14-12-27)22(29)19-15-24-23(25-16-19)26-20-8-4-3-5-9-20/h3-10,15-16H,11-14H2,1-2H3,(H,24,25,26). The van der Waals surface area contributed by atoms with Gasteiger partial charge < -0.3 is 15.1 Å². The second-order valence-corrected chi connectivity index (χ2v) is 7.28. The Morgan fingerprint density at radius 2 is 1.59 bits per heavy atom. The summed E-state index contributed by atoms with van der Waals surface area (Å²) in [6, 6.07) is 16.1. The van der Waals surface area contributed by atoms with Gasteiger partial charge >= 0.3 is 0 Å². The molecule has 6 nitrogen and oxygen atoms in total. The third kappa shape index (κ3) is 4.21. The highest BCUT2D eigenvalue weighted by Gasteiger charge is 2.23. The lowest BCUT2D eigenvalue weighted by Crippen LogP contribution is -2.49. The number of nitrogens with zero attached hydrogens (tertiary/aromatic N) is 4. The highest BCUT2D eigenvalue weighted by Crippen LogP contribution is 2.24. The SMILES string of the molecule is Cc1cccc(N2CCN(C(=O)c3cnc(Nc4ccccc4)nc3)CC2)c1C. The molecule has 1 amide bonds. The van der Waals surface area contributed by atoms with Crippen molar-refractivity contribution in [1.82, 2.24) is 14.9 Å². The normalized spacial score (nSPS) is 14.0. The van der Waals surface area contributed by atoms with E-state index in [9.17, 15) is 4.79 Å². The highest BCUT2D eigenvalue weighted by atomic mass is 16.2. The molecule has 1 aliphatic rings. The molecule has 1 aliphatic heterocycles. The van der Waals surface area contributed by atoms with Crippen LogP contribution in [0.5, 0.6) is 0 Å². The summed E-state index contributed by atoms with van der Waals surface area (Å²) in [4.78, 5) is 25.7. The molecule has 0 radical (unpaired) electrons. The van der Waals surface area contributed by atoms with E-state index in [0.717, 1.165) is 18.8 Å². The van der Waals surface area contributed by atoms with E-state index in [2.05, 4.69) is 52.2 Å². The molecular formula is C23H25N5O. The third-order valence-corrected chi connectivity index (χ3v) is 5.41. The molecule has 6 heteroatoms. The molecule has 1 aromatic heterocycles. The van der Waals surface area contributed by atoms with Crippen LogP contribution in [0.25, 0.3) is 0 Å². The third-order valence-electron chi connectivity index (χ3n) is 5.41. The maximum atomic E-state index is 12.8. The first-order chi connectivity index (χ1) is 14.1. The van der Waals surface area contributed by atoms with Crippen molar-refractivity contribution in [2.75, 3.05) is 36.4 Å². The molecular weight excluding hydrogens is 362 g/mol. The molecule has 1 fully saturated rings. The number of para-hydroxylation sites is 1. The number of aryl methyl sites for hydroxylation is 1. The van der Waals surface area contributed by atoms with Crippen molar-refractivity contribution in [3.8, 4) is 0 Å². The van der Waals surface area contributed by atoms with Crippen LogP contribution in [0.2, 0.25) is 0 Å². The highest BCUT2D eigenvalue weighted by molar-refractivity contribution is 5.94. The molecule has 1 saturated heterocycles. The van der Waals surface area contributed by atoms with Gasteiger partial charge in [-0.3, -0.25) is 4.79 Å². The second kappa shape index (κ2) is 8.31. The Labute approximate surface area is 171 Å². The van der Waals surface area contributed by atoms with Crippen LogP contribution < -0.4 is 10.2 Å². The van der Waals surface area contributed by atoms with Gasteiger partial charge in [-0.15, -0.1) is 0 Å². The van der Waals surface area contributed by atoms with Gasteiger partial charge in [0.15, 0.2) is 0 Å². The van der Waals surface area contributed by atoms with Crippen LogP contribution in [-0.4, -0.2) is 47.0 Å². The predicted octanol–water partition coefficient (Wildman–Crippen LogP) is 3.80. The number of hydrogen-bond acceptors (Lipinski definition) is 5. The molecule has 0 spiro atoms. The average Bonchev–Trinajstić information content (AvgIpc) is 2.77. The van der Waals surface area contributed by atoms with Crippen LogP contribution in [0, 0.1) is 13.8 Å². The summed E-state index contributed by atoms with van der Waals surface area (Å²) in [7, 11) is 0. The van der Waals surface area contributed by atoms with Gasteiger partial charge in [0.05, 0.1) is 5.56 Å². The molecule has 2 aromatic carbocycles. The number of aromatic nitrogens is 2. The molecule has 0 atom stereocenters. The van der Waals surface area contributed by atoms with Crippen molar-refractivity contribution in [2.45, 2.75) is 13.8 Å². The summed E-state index contributed by atoms with van der Waals surface area (Å²) in [5, 5.41) is 3.13. The second-order valence-electron chi connectivity index (χ2n) is 7.28. The van der Waals surface area contributed by atoms with Crippen LogP contribution in [0.1, 0.15) is 21.5 Å². The minimum atomic E-state index is -0.0168. The maximum Gasteiger partial charge on any atom is 0.257 e. The molecule has 29 heavy (non-hydrogen) atoms. The zero-order valence-electron chi connectivity index (χ0n) is 16.8. The quantitative estimate of drug-likeness (QED) is 0.738. The van der Waals surface area contributed by atoms with Gasteiger partial charge in [-0.2, -0.15) is 0 Å². The molecule has 0 aliphatic carbocycles. The minimum Gasteiger partial charge on any atom is -0.368 e. The number of carbonyl (C=O) groups is 1. The number of rotatable bonds is 4. The van der Waals surface area contributed by atoms with E-state index in [-0.39, 0.29) is 5.91 Å². The molecule has 1 N–H and O–H groups in total. The lowest BCUT2D eigenvalue weighted by atomic mass is 10.1. The minimum absolute atomic E-state index is 0.0168. The van der Waals surface area contributed by atoms with Crippen LogP contribution in [0.4, 0.5) is 17.3 Å². The molecule has 2 heterocycles.